The topological polar surface area (TPSA) is 55.0 Å². The summed E-state index contributed by atoms with van der Waals surface area (Å²) in [6, 6.07) is 7.85. The number of aromatic nitrogens is 2. The maximum atomic E-state index is 11.8. The predicted molar refractivity (Wildman–Crippen MR) is 100 cm³/mol. The molecular formula is C19H28ClN2O2S-. The highest BCUT2D eigenvalue weighted by atomic mass is 35.5. The Labute approximate surface area is 160 Å². The second-order valence-electron chi connectivity index (χ2n) is 6.04. The Hall–Kier alpha value is -1.20. The number of halogens is 1. The number of nitrogens with zero attached hydrogens (tertiary/aromatic N) is 1. The molecule has 1 heterocycles. The van der Waals surface area contributed by atoms with E-state index in [1.165, 1.54) is 50.3 Å². The van der Waals surface area contributed by atoms with Crippen molar-refractivity contribution in [1.29, 1.82) is 0 Å². The van der Waals surface area contributed by atoms with Gasteiger partial charge in [0.05, 0.1) is 23.4 Å². The molecule has 25 heavy (non-hydrogen) atoms. The number of imidazole rings is 1. The maximum absolute atomic E-state index is 11.8. The molecule has 0 unspecified atom stereocenters. The SMILES string of the molecule is CCCCCCCCCCOC(=O)CSc1nc2ccccc2[nH]1.[Cl-]. The van der Waals surface area contributed by atoms with Crippen molar-refractivity contribution in [3.05, 3.63) is 24.3 Å². The minimum Gasteiger partial charge on any atom is -1.00 e. The van der Waals surface area contributed by atoms with E-state index in [4.69, 9.17) is 4.74 Å². The summed E-state index contributed by atoms with van der Waals surface area (Å²) in [5, 5.41) is 0.764. The lowest BCUT2D eigenvalue weighted by atomic mass is 10.1. The third-order valence-electron chi connectivity index (χ3n) is 3.96. The van der Waals surface area contributed by atoms with Crippen LogP contribution >= 0.6 is 11.8 Å². The second kappa shape index (κ2) is 13.1. The Balaban J connectivity index is 0.00000312. The van der Waals surface area contributed by atoms with E-state index in [9.17, 15) is 4.79 Å². The molecule has 1 aromatic heterocycles. The smallest absolute Gasteiger partial charge is 0.316 e. The summed E-state index contributed by atoms with van der Waals surface area (Å²) in [5.41, 5.74) is 1.92. The molecule has 0 aliphatic carbocycles. The van der Waals surface area contributed by atoms with E-state index < -0.39 is 0 Å². The standard InChI is InChI=1S/C19H28N2O2S.ClH/c1-2-3-4-5-6-7-8-11-14-23-18(22)15-24-19-20-16-12-9-10-13-17(16)21-19;/h9-10,12-13H,2-8,11,14-15H2,1H3,(H,20,21);1H/p-1. The largest absolute Gasteiger partial charge is 1.00 e. The second-order valence-corrected chi connectivity index (χ2v) is 7.01. The van der Waals surface area contributed by atoms with E-state index in [2.05, 4.69) is 16.9 Å². The third-order valence-corrected chi connectivity index (χ3v) is 4.80. The summed E-state index contributed by atoms with van der Waals surface area (Å²) in [7, 11) is 0. The number of H-pyrrole nitrogens is 1. The van der Waals surface area contributed by atoms with E-state index in [0.29, 0.717) is 12.4 Å². The van der Waals surface area contributed by atoms with Gasteiger partial charge in [-0.15, -0.1) is 0 Å². The van der Waals surface area contributed by atoms with E-state index in [1.54, 1.807) is 0 Å². The molecule has 0 amide bonds. The number of unbranched alkanes of at least 4 members (excludes halogenated alkanes) is 7. The van der Waals surface area contributed by atoms with Crippen molar-refractivity contribution in [2.24, 2.45) is 0 Å². The number of rotatable bonds is 12. The number of hydrogen-bond acceptors (Lipinski definition) is 4. The van der Waals surface area contributed by atoms with Gasteiger partial charge in [0, 0.05) is 0 Å². The number of para-hydroxylation sites is 2. The van der Waals surface area contributed by atoms with Gasteiger partial charge in [0.25, 0.3) is 0 Å². The molecule has 0 aliphatic rings. The number of hydrogen-bond donors (Lipinski definition) is 1. The van der Waals surface area contributed by atoms with E-state index in [0.717, 1.165) is 29.0 Å². The average Bonchev–Trinajstić information content (AvgIpc) is 3.01. The Kier molecular flexibility index (Phi) is 11.4. The first-order valence-corrected chi connectivity index (χ1v) is 10.0. The molecular weight excluding hydrogens is 356 g/mol. The molecule has 2 rings (SSSR count). The first kappa shape index (κ1) is 21.8. The number of carbonyl (C=O) groups is 1. The van der Waals surface area contributed by atoms with Gasteiger partial charge in [-0.3, -0.25) is 4.79 Å². The maximum Gasteiger partial charge on any atom is 0.316 e. The van der Waals surface area contributed by atoms with Gasteiger partial charge in [-0.05, 0) is 18.6 Å². The lowest BCUT2D eigenvalue weighted by Gasteiger charge is -2.04. The molecule has 0 radical (unpaired) electrons. The first-order chi connectivity index (χ1) is 11.8. The Morgan fingerprint density at radius 1 is 1.08 bits per heavy atom. The van der Waals surface area contributed by atoms with E-state index in [-0.39, 0.29) is 18.4 Å². The summed E-state index contributed by atoms with van der Waals surface area (Å²) in [6.07, 6.45) is 9.99. The van der Waals surface area contributed by atoms with Crippen molar-refractivity contribution in [3.8, 4) is 0 Å². The van der Waals surface area contributed by atoms with Crippen molar-refractivity contribution < 1.29 is 21.9 Å². The first-order valence-electron chi connectivity index (χ1n) is 9.02. The summed E-state index contributed by atoms with van der Waals surface area (Å²) < 4.78 is 5.28. The summed E-state index contributed by atoms with van der Waals surface area (Å²) in [5.74, 6) is 0.139. The summed E-state index contributed by atoms with van der Waals surface area (Å²) >= 11 is 1.39. The third kappa shape index (κ3) is 8.63. The summed E-state index contributed by atoms with van der Waals surface area (Å²) in [4.78, 5) is 19.4. The van der Waals surface area contributed by atoms with Crippen LogP contribution < -0.4 is 12.4 Å². The summed E-state index contributed by atoms with van der Waals surface area (Å²) in [6.45, 7) is 2.77. The fraction of sp³-hybridized carbons (Fsp3) is 0.579. The van der Waals surface area contributed by atoms with Gasteiger partial charge < -0.3 is 22.1 Å². The lowest BCUT2D eigenvalue weighted by molar-refractivity contribution is -0.140. The average molecular weight is 384 g/mol. The molecule has 140 valence electrons. The van der Waals surface area contributed by atoms with Gasteiger partial charge >= 0.3 is 5.97 Å². The zero-order valence-electron chi connectivity index (χ0n) is 14.9. The van der Waals surface area contributed by atoms with Crippen LogP contribution in [0, 0.1) is 0 Å². The molecule has 0 fully saturated rings. The van der Waals surface area contributed by atoms with Crippen molar-refractivity contribution in [1.82, 2.24) is 9.97 Å². The predicted octanol–water partition coefficient (Wildman–Crippen LogP) is 2.34. The molecule has 6 heteroatoms. The van der Waals surface area contributed by atoms with E-state index in [1.807, 2.05) is 24.3 Å². The van der Waals surface area contributed by atoms with E-state index >= 15 is 0 Å². The zero-order valence-corrected chi connectivity index (χ0v) is 16.5. The van der Waals surface area contributed by atoms with Crippen molar-refractivity contribution in [2.45, 2.75) is 63.4 Å². The van der Waals surface area contributed by atoms with Crippen LogP contribution in [0.4, 0.5) is 0 Å². The molecule has 1 aromatic carbocycles. The van der Waals surface area contributed by atoms with Crippen molar-refractivity contribution in [2.75, 3.05) is 12.4 Å². The monoisotopic (exact) mass is 383 g/mol. The van der Waals surface area contributed by atoms with Crippen LogP contribution in [0.3, 0.4) is 0 Å². The molecule has 0 spiro atoms. The van der Waals surface area contributed by atoms with Gasteiger partial charge in [0.15, 0.2) is 5.16 Å². The van der Waals surface area contributed by atoms with Crippen LogP contribution in [0.15, 0.2) is 29.4 Å². The number of benzene rings is 1. The number of thioether (sulfide) groups is 1. The number of nitrogens with one attached hydrogen (secondary N) is 1. The van der Waals surface area contributed by atoms with Gasteiger partial charge in [-0.25, -0.2) is 4.98 Å². The molecule has 1 N–H and O–H groups in total. The van der Waals surface area contributed by atoms with Crippen LogP contribution in [0.2, 0.25) is 0 Å². The number of fused-ring (bicyclic) bond motifs is 1. The fourth-order valence-electron chi connectivity index (χ4n) is 2.59. The Morgan fingerprint density at radius 3 is 2.48 bits per heavy atom. The zero-order chi connectivity index (χ0) is 17.0. The van der Waals surface area contributed by atoms with Gasteiger partial charge in [0.2, 0.25) is 0 Å². The number of carbonyl (C=O) groups excluding carboxylic acids is 1. The highest BCUT2D eigenvalue weighted by Crippen LogP contribution is 2.19. The fourth-order valence-corrected chi connectivity index (χ4v) is 3.27. The molecule has 0 aliphatic heterocycles. The minimum atomic E-state index is -0.164. The molecule has 0 saturated carbocycles. The molecule has 0 bridgehead atoms. The van der Waals surface area contributed by atoms with Crippen LogP contribution in [0.5, 0.6) is 0 Å². The molecule has 2 aromatic rings. The highest BCUT2D eigenvalue weighted by molar-refractivity contribution is 7.99. The minimum absolute atomic E-state index is 0. The molecule has 0 saturated heterocycles. The van der Waals surface area contributed by atoms with Crippen LogP contribution in [-0.2, 0) is 9.53 Å². The molecule has 4 nitrogen and oxygen atoms in total. The number of ether oxygens (including phenoxy) is 1. The van der Waals surface area contributed by atoms with Crippen LogP contribution in [-0.4, -0.2) is 28.3 Å². The number of esters is 1. The highest BCUT2D eigenvalue weighted by Gasteiger charge is 2.07. The van der Waals surface area contributed by atoms with Gasteiger partial charge in [-0.2, -0.15) is 0 Å². The van der Waals surface area contributed by atoms with Gasteiger partial charge in [-0.1, -0.05) is 75.8 Å². The lowest BCUT2D eigenvalue weighted by Crippen LogP contribution is -3.00. The van der Waals surface area contributed by atoms with Crippen molar-refractivity contribution in [3.63, 3.8) is 0 Å². The van der Waals surface area contributed by atoms with Crippen LogP contribution in [0.1, 0.15) is 58.3 Å². The normalized spacial score (nSPS) is 10.6. The van der Waals surface area contributed by atoms with Gasteiger partial charge in [0.1, 0.15) is 0 Å². The number of aromatic amines is 1. The van der Waals surface area contributed by atoms with Crippen molar-refractivity contribution >= 4 is 28.8 Å². The van der Waals surface area contributed by atoms with Crippen LogP contribution in [0.25, 0.3) is 11.0 Å². The quantitative estimate of drug-likeness (QED) is 0.347. The molecule has 0 atom stereocenters. The Bertz CT molecular complexity index is 585. The Morgan fingerprint density at radius 2 is 1.76 bits per heavy atom.